The van der Waals surface area contributed by atoms with Crippen LogP contribution in [0.1, 0.15) is 23.6 Å². The number of amides is 1. The number of morpholine rings is 1. The molecule has 0 aromatic heterocycles. The van der Waals surface area contributed by atoms with Crippen LogP contribution in [0.4, 0.5) is 32.0 Å². The molecule has 2 aromatic carbocycles. The predicted octanol–water partition coefficient (Wildman–Crippen LogP) is 5.51. The summed E-state index contributed by atoms with van der Waals surface area (Å²) in [4.78, 5) is 13.0. The van der Waals surface area contributed by atoms with Gasteiger partial charge in [0.15, 0.2) is 0 Å². The maximum Gasteiger partial charge on any atom is 0.418 e. The fourth-order valence-corrected chi connectivity index (χ4v) is 5.14. The molecule has 3 rings (SSSR count). The van der Waals surface area contributed by atoms with Crippen molar-refractivity contribution in [3.05, 3.63) is 59.2 Å². The van der Waals surface area contributed by atoms with Gasteiger partial charge in [-0.05, 0) is 42.8 Å². The number of carbonyl (C=O) groups excluding carboxylic acids is 1. The third-order valence-electron chi connectivity index (χ3n) is 5.21. The molecule has 37 heavy (non-hydrogen) atoms. The summed E-state index contributed by atoms with van der Waals surface area (Å²) in [6.07, 6.45) is -9.23. The molecule has 202 valence electrons. The van der Waals surface area contributed by atoms with Crippen molar-refractivity contribution in [3.8, 4) is 0 Å². The van der Waals surface area contributed by atoms with Gasteiger partial charge in [-0.25, -0.2) is 8.42 Å². The van der Waals surface area contributed by atoms with Gasteiger partial charge in [0.05, 0.1) is 30.1 Å². The third-order valence-corrected chi connectivity index (χ3v) is 7.57. The van der Waals surface area contributed by atoms with E-state index in [-0.39, 0.29) is 42.6 Å². The highest BCUT2D eigenvalue weighted by Crippen LogP contribution is 2.48. The fourth-order valence-electron chi connectivity index (χ4n) is 3.46. The van der Waals surface area contributed by atoms with Gasteiger partial charge in [-0.2, -0.15) is 26.3 Å². The zero-order chi connectivity index (χ0) is 27.4. The van der Waals surface area contributed by atoms with Crippen molar-refractivity contribution in [2.24, 2.45) is 0 Å². The molecule has 0 aliphatic carbocycles. The Morgan fingerprint density at radius 2 is 1.70 bits per heavy atom. The predicted molar refractivity (Wildman–Crippen MR) is 127 cm³/mol. The highest BCUT2D eigenvalue weighted by molar-refractivity contribution is 7.99. The fraction of sp³-hybridized carbons (Fsp3) is 0.348. The van der Waals surface area contributed by atoms with Crippen LogP contribution in [-0.4, -0.2) is 51.3 Å². The van der Waals surface area contributed by atoms with Crippen molar-refractivity contribution >= 4 is 39.5 Å². The number of halogens is 6. The number of rotatable bonds is 7. The quantitative estimate of drug-likeness (QED) is 0.352. The van der Waals surface area contributed by atoms with Gasteiger partial charge in [-0.15, -0.1) is 0 Å². The molecular weight excluding hydrogens is 546 g/mol. The zero-order valence-electron chi connectivity index (χ0n) is 19.3. The molecule has 2 aromatic rings. The average molecular weight is 569 g/mol. The van der Waals surface area contributed by atoms with Crippen molar-refractivity contribution in [2.45, 2.75) is 29.1 Å². The highest BCUT2D eigenvalue weighted by atomic mass is 32.2. The van der Waals surface area contributed by atoms with Crippen LogP contribution in [-0.2, 0) is 31.9 Å². The Hall–Kier alpha value is -2.71. The summed E-state index contributed by atoms with van der Waals surface area (Å²) in [6, 6.07) is 7.05. The number of anilines is 1. The molecule has 0 saturated carbocycles. The lowest BCUT2D eigenvalue weighted by Crippen LogP contribution is -2.39. The Morgan fingerprint density at radius 1 is 1.05 bits per heavy atom. The number of sulfonamides is 1. The number of hydrogen-bond acceptors (Lipinski definition) is 5. The number of carbonyl (C=O) groups is 1. The second-order valence-corrected chi connectivity index (χ2v) is 10.9. The molecule has 6 nitrogen and oxygen atoms in total. The van der Waals surface area contributed by atoms with E-state index in [1.165, 1.54) is 36.1 Å². The first-order valence-electron chi connectivity index (χ1n) is 10.9. The molecule has 0 atom stereocenters. The summed E-state index contributed by atoms with van der Waals surface area (Å²) < 4.78 is 115. The minimum Gasteiger partial charge on any atom is -0.378 e. The Bertz CT molecular complexity index is 1270. The van der Waals surface area contributed by atoms with Gasteiger partial charge < -0.3 is 9.64 Å². The normalized spacial score (nSPS) is 15.3. The van der Waals surface area contributed by atoms with Gasteiger partial charge in [0, 0.05) is 34.6 Å². The van der Waals surface area contributed by atoms with Crippen molar-refractivity contribution in [1.82, 2.24) is 4.90 Å². The summed E-state index contributed by atoms with van der Waals surface area (Å²) in [6.45, 7) is 2.31. The lowest BCUT2D eigenvalue weighted by atomic mass is 9.99. The van der Waals surface area contributed by atoms with Gasteiger partial charge in [0.1, 0.15) is 0 Å². The lowest BCUT2D eigenvalue weighted by molar-refractivity contribution is -0.163. The van der Waals surface area contributed by atoms with Gasteiger partial charge >= 0.3 is 12.4 Å². The summed E-state index contributed by atoms with van der Waals surface area (Å²) in [5.41, 5.74) is -4.57. The Kier molecular flexibility index (Phi) is 8.85. The summed E-state index contributed by atoms with van der Waals surface area (Å²) in [5.74, 6) is -0.893. The van der Waals surface area contributed by atoms with Gasteiger partial charge in [-0.3, -0.25) is 9.52 Å². The molecule has 0 spiro atoms. The van der Waals surface area contributed by atoms with E-state index in [1.807, 2.05) is 0 Å². The van der Waals surface area contributed by atoms with Crippen molar-refractivity contribution in [1.29, 1.82) is 0 Å². The van der Waals surface area contributed by atoms with Crippen molar-refractivity contribution in [3.63, 3.8) is 0 Å². The number of hydrogen-bond donors (Lipinski definition) is 1. The molecule has 1 fully saturated rings. The Labute approximate surface area is 213 Å². The Balaban J connectivity index is 2.04. The van der Waals surface area contributed by atoms with E-state index >= 15 is 0 Å². The second-order valence-electron chi connectivity index (χ2n) is 7.80. The Morgan fingerprint density at radius 3 is 2.30 bits per heavy atom. The van der Waals surface area contributed by atoms with E-state index in [2.05, 4.69) is 4.72 Å². The molecule has 1 heterocycles. The maximum atomic E-state index is 14.0. The molecule has 0 radical (unpaired) electrons. The molecule has 0 unspecified atom stereocenters. The molecule has 0 bridgehead atoms. The van der Waals surface area contributed by atoms with Crippen LogP contribution < -0.4 is 4.72 Å². The first-order chi connectivity index (χ1) is 17.2. The number of nitrogens with zero attached hydrogens (tertiary/aromatic N) is 1. The van der Waals surface area contributed by atoms with Crippen molar-refractivity contribution < 1.29 is 44.3 Å². The van der Waals surface area contributed by atoms with Crippen LogP contribution >= 0.6 is 11.8 Å². The van der Waals surface area contributed by atoms with Crippen molar-refractivity contribution in [2.75, 3.05) is 36.8 Å². The minimum atomic E-state index is -5.39. The topological polar surface area (TPSA) is 75.7 Å². The second kappa shape index (κ2) is 11.4. The first kappa shape index (κ1) is 28.9. The van der Waals surface area contributed by atoms with E-state index in [0.717, 1.165) is 24.3 Å². The standard InChI is InChI=1S/C23H22F6N2O4S2/c1-2-37(33,34)30-16-4-3-5-17(14-16)36-18-8-6-15(7-9-19(32)31-10-12-35-13-11-31)20(22(24,25)26)21(18)23(27,28)29/h3-9,14,30H,2,10-13H2,1H3/b9-7+. The van der Waals surface area contributed by atoms with Crippen LogP contribution in [0.5, 0.6) is 0 Å². The first-order valence-corrected chi connectivity index (χ1v) is 13.3. The number of alkyl halides is 6. The SMILES string of the molecule is CCS(=O)(=O)Nc1cccc(Sc2ccc(/C=C/C(=O)N3CCOCC3)c(C(F)(F)F)c2C(F)(F)F)c1. The van der Waals surface area contributed by atoms with E-state index in [9.17, 15) is 39.6 Å². The molecular formula is C23H22F6N2O4S2. The molecule has 1 amide bonds. The van der Waals surface area contributed by atoms with Crippen LogP contribution in [0.2, 0.25) is 0 Å². The van der Waals surface area contributed by atoms with E-state index < -0.39 is 49.9 Å². The van der Waals surface area contributed by atoms with E-state index in [1.54, 1.807) is 0 Å². The lowest BCUT2D eigenvalue weighted by Gasteiger charge is -2.25. The molecule has 14 heteroatoms. The van der Waals surface area contributed by atoms with E-state index in [0.29, 0.717) is 11.8 Å². The highest BCUT2D eigenvalue weighted by Gasteiger charge is 2.46. The maximum absolute atomic E-state index is 14.0. The summed E-state index contributed by atoms with van der Waals surface area (Å²) >= 11 is 0.407. The summed E-state index contributed by atoms with van der Waals surface area (Å²) in [7, 11) is -3.68. The smallest absolute Gasteiger partial charge is 0.378 e. The summed E-state index contributed by atoms with van der Waals surface area (Å²) in [5, 5.41) is 0. The van der Waals surface area contributed by atoms with Gasteiger partial charge in [0.25, 0.3) is 0 Å². The molecule has 1 aliphatic rings. The number of ether oxygens (including phenoxy) is 1. The zero-order valence-corrected chi connectivity index (χ0v) is 21.0. The van der Waals surface area contributed by atoms with Crippen LogP contribution in [0.3, 0.4) is 0 Å². The number of nitrogens with one attached hydrogen (secondary N) is 1. The largest absolute Gasteiger partial charge is 0.418 e. The molecule has 1 aliphatic heterocycles. The van der Waals surface area contributed by atoms with Gasteiger partial charge in [-0.1, -0.05) is 23.9 Å². The number of benzene rings is 2. The van der Waals surface area contributed by atoms with Gasteiger partial charge in [0.2, 0.25) is 15.9 Å². The van der Waals surface area contributed by atoms with Crippen LogP contribution in [0.25, 0.3) is 6.08 Å². The minimum absolute atomic E-state index is 0.0534. The van der Waals surface area contributed by atoms with Crippen LogP contribution in [0, 0.1) is 0 Å². The third kappa shape index (κ3) is 7.65. The average Bonchev–Trinajstić information content (AvgIpc) is 2.82. The molecule has 1 saturated heterocycles. The van der Waals surface area contributed by atoms with Crippen LogP contribution in [0.15, 0.2) is 52.3 Å². The van der Waals surface area contributed by atoms with E-state index in [4.69, 9.17) is 4.74 Å². The monoisotopic (exact) mass is 568 g/mol. The molecule has 1 N–H and O–H groups in total.